The van der Waals surface area contributed by atoms with Gasteiger partial charge in [-0.15, -0.1) is 0 Å². The Balaban J connectivity index is 1.90. The molecule has 1 aromatic heterocycles. The normalized spacial score (nSPS) is 10.3. The van der Waals surface area contributed by atoms with Crippen LogP contribution in [0.25, 0.3) is 0 Å². The molecule has 1 N–H and O–H groups in total. The lowest BCUT2D eigenvalue weighted by atomic mass is 10.1. The molecule has 0 aliphatic carbocycles. The summed E-state index contributed by atoms with van der Waals surface area (Å²) in [5.74, 6) is 0.0598. The van der Waals surface area contributed by atoms with Crippen LogP contribution in [0.1, 0.15) is 18.9 Å². The van der Waals surface area contributed by atoms with E-state index in [1.165, 1.54) is 5.56 Å². The molecule has 2 aromatic rings. The van der Waals surface area contributed by atoms with Crippen LogP contribution >= 0.6 is 0 Å². The van der Waals surface area contributed by atoms with Crippen molar-refractivity contribution in [3.63, 3.8) is 0 Å². The first-order valence-corrected chi connectivity index (χ1v) is 6.28. The fourth-order valence-corrected chi connectivity index (χ4v) is 1.91. The van der Waals surface area contributed by atoms with Crippen molar-refractivity contribution in [2.45, 2.75) is 26.3 Å². The Morgan fingerprint density at radius 2 is 1.89 bits per heavy atom. The highest BCUT2D eigenvalue weighted by Gasteiger charge is 2.05. The quantitative estimate of drug-likeness (QED) is 0.859. The Labute approximate surface area is 107 Å². The number of nitrogens with one attached hydrogen (secondary N) is 1. The van der Waals surface area contributed by atoms with Crippen LogP contribution in [0.5, 0.6) is 0 Å². The number of nitrogens with zero attached hydrogens (tertiary/aromatic N) is 1. The number of carbonyl (C=O) groups is 1. The van der Waals surface area contributed by atoms with Gasteiger partial charge < -0.3 is 9.88 Å². The summed E-state index contributed by atoms with van der Waals surface area (Å²) in [5.41, 5.74) is 2.10. The fourth-order valence-electron chi connectivity index (χ4n) is 1.91. The van der Waals surface area contributed by atoms with Crippen molar-refractivity contribution in [3.05, 3.63) is 54.4 Å². The Kier molecular flexibility index (Phi) is 4.18. The lowest BCUT2D eigenvalue weighted by Crippen LogP contribution is -2.15. The minimum absolute atomic E-state index is 0.0598. The van der Waals surface area contributed by atoms with Gasteiger partial charge in [0.05, 0.1) is 0 Å². The van der Waals surface area contributed by atoms with Gasteiger partial charge in [0.25, 0.3) is 0 Å². The lowest BCUT2D eigenvalue weighted by Gasteiger charge is -2.09. The standard InChI is InChI=1S/C15H18N2O/c1-2-13-7-3-4-8-14(13)16-15(18)9-12-17-10-5-6-11-17/h3-8,10-11H,2,9,12H2,1H3,(H,16,18). The topological polar surface area (TPSA) is 34.0 Å². The highest BCUT2D eigenvalue weighted by Crippen LogP contribution is 2.15. The summed E-state index contributed by atoms with van der Waals surface area (Å²) in [6.45, 7) is 2.80. The van der Waals surface area contributed by atoms with Gasteiger partial charge in [-0.25, -0.2) is 0 Å². The maximum absolute atomic E-state index is 11.9. The highest BCUT2D eigenvalue weighted by atomic mass is 16.1. The second kappa shape index (κ2) is 6.05. The predicted octanol–water partition coefficient (Wildman–Crippen LogP) is 3.08. The molecule has 0 saturated carbocycles. The predicted molar refractivity (Wildman–Crippen MR) is 73.5 cm³/mol. The minimum Gasteiger partial charge on any atom is -0.354 e. The molecular formula is C15H18N2O. The molecule has 3 nitrogen and oxygen atoms in total. The van der Waals surface area contributed by atoms with E-state index in [1.54, 1.807) is 0 Å². The molecule has 0 aliphatic rings. The number of anilines is 1. The van der Waals surface area contributed by atoms with E-state index in [0.717, 1.165) is 12.1 Å². The van der Waals surface area contributed by atoms with Crippen LogP contribution in [0.4, 0.5) is 5.69 Å². The number of amides is 1. The number of carbonyl (C=O) groups excluding carboxylic acids is 1. The Bertz CT molecular complexity index is 503. The fraction of sp³-hybridized carbons (Fsp3) is 0.267. The number of benzene rings is 1. The molecule has 0 fully saturated rings. The Morgan fingerprint density at radius 1 is 1.17 bits per heavy atom. The molecule has 0 radical (unpaired) electrons. The zero-order chi connectivity index (χ0) is 12.8. The summed E-state index contributed by atoms with van der Waals surface area (Å²) in [5, 5.41) is 2.97. The summed E-state index contributed by atoms with van der Waals surface area (Å²) < 4.78 is 2.01. The molecule has 0 aliphatic heterocycles. The molecular weight excluding hydrogens is 224 g/mol. The number of para-hydroxylation sites is 1. The second-order valence-electron chi connectivity index (χ2n) is 4.23. The number of hydrogen-bond donors (Lipinski definition) is 1. The van der Waals surface area contributed by atoms with Gasteiger partial charge in [-0.3, -0.25) is 4.79 Å². The SMILES string of the molecule is CCc1ccccc1NC(=O)CCn1cccc1. The van der Waals surface area contributed by atoms with Crippen molar-refractivity contribution < 1.29 is 4.79 Å². The van der Waals surface area contributed by atoms with Crippen LogP contribution < -0.4 is 5.32 Å². The van der Waals surface area contributed by atoms with Gasteiger partial charge in [0.1, 0.15) is 0 Å². The molecule has 0 spiro atoms. The van der Waals surface area contributed by atoms with Crippen molar-refractivity contribution in [2.24, 2.45) is 0 Å². The van der Waals surface area contributed by atoms with E-state index >= 15 is 0 Å². The average Bonchev–Trinajstić information content (AvgIpc) is 2.90. The van der Waals surface area contributed by atoms with Crippen LogP contribution in [-0.2, 0) is 17.8 Å². The average molecular weight is 242 g/mol. The molecule has 1 heterocycles. The molecule has 0 saturated heterocycles. The van der Waals surface area contributed by atoms with Crippen LogP contribution in [0.3, 0.4) is 0 Å². The zero-order valence-corrected chi connectivity index (χ0v) is 10.6. The van der Waals surface area contributed by atoms with Gasteiger partial charge in [-0.1, -0.05) is 25.1 Å². The Hall–Kier alpha value is -2.03. The van der Waals surface area contributed by atoms with Gasteiger partial charge >= 0.3 is 0 Å². The first-order valence-electron chi connectivity index (χ1n) is 6.28. The van der Waals surface area contributed by atoms with Gasteiger partial charge in [-0.05, 0) is 30.2 Å². The molecule has 3 heteroatoms. The molecule has 0 atom stereocenters. The molecule has 2 rings (SSSR count). The van der Waals surface area contributed by atoms with Crippen molar-refractivity contribution in [2.75, 3.05) is 5.32 Å². The first kappa shape index (κ1) is 12.4. The monoisotopic (exact) mass is 242 g/mol. The van der Waals surface area contributed by atoms with E-state index in [1.807, 2.05) is 53.4 Å². The second-order valence-corrected chi connectivity index (χ2v) is 4.23. The third-order valence-corrected chi connectivity index (χ3v) is 2.94. The zero-order valence-electron chi connectivity index (χ0n) is 10.6. The largest absolute Gasteiger partial charge is 0.354 e. The lowest BCUT2D eigenvalue weighted by molar-refractivity contribution is -0.116. The molecule has 0 bridgehead atoms. The molecule has 18 heavy (non-hydrogen) atoms. The number of hydrogen-bond acceptors (Lipinski definition) is 1. The number of aromatic nitrogens is 1. The van der Waals surface area contributed by atoms with Crippen LogP contribution in [0, 0.1) is 0 Å². The summed E-state index contributed by atoms with van der Waals surface area (Å²) in [4.78, 5) is 11.9. The maximum Gasteiger partial charge on any atom is 0.226 e. The van der Waals surface area contributed by atoms with E-state index in [-0.39, 0.29) is 5.91 Å². The number of aryl methyl sites for hydroxylation is 2. The summed E-state index contributed by atoms with van der Waals surface area (Å²) in [6.07, 6.45) is 5.35. The van der Waals surface area contributed by atoms with E-state index in [4.69, 9.17) is 0 Å². The summed E-state index contributed by atoms with van der Waals surface area (Å²) >= 11 is 0. The van der Waals surface area contributed by atoms with Crippen molar-refractivity contribution in [1.29, 1.82) is 0 Å². The van der Waals surface area contributed by atoms with Crippen LogP contribution in [0.15, 0.2) is 48.8 Å². The third-order valence-electron chi connectivity index (χ3n) is 2.94. The van der Waals surface area contributed by atoms with Gasteiger partial charge in [0.15, 0.2) is 0 Å². The summed E-state index contributed by atoms with van der Waals surface area (Å²) in [7, 11) is 0. The molecule has 94 valence electrons. The maximum atomic E-state index is 11.9. The minimum atomic E-state index is 0.0598. The van der Waals surface area contributed by atoms with Crippen LogP contribution in [0.2, 0.25) is 0 Å². The van der Waals surface area contributed by atoms with Crippen molar-refractivity contribution >= 4 is 11.6 Å². The van der Waals surface area contributed by atoms with E-state index in [0.29, 0.717) is 13.0 Å². The Morgan fingerprint density at radius 3 is 2.61 bits per heavy atom. The molecule has 1 aromatic carbocycles. The van der Waals surface area contributed by atoms with E-state index in [2.05, 4.69) is 12.2 Å². The van der Waals surface area contributed by atoms with Gasteiger partial charge in [-0.2, -0.15) is 0 Å². The van der Waals surface area contributed by atoms with Crippen LogP contribution in [-0.4, -0.2) is 10.5 Å². The number of rotatable bonds is 5. The van der Waals surface area contributed by atoms with E-state index in [9.17, 15) is 4.79 Å². The highest BCUT2D eigenvalue weighted by molar-refractivity contribution is 5.91. The first-order chi connectivity index (χ1) is 8.79. The smallest absolute Gasteiger partial charge is 0.226 e. The molecule has 1 amide bonds. The van der Waals surface area contributed by atoms with Crippen molar-refractivity contribution in [3.8, 4) is 0 Å². The summed E-state index contributed by atoms with van der Waals surface area (Å²) in [6, 6.07) is 11.9. The van der Waals surface area contributed by atoms with Gasteiger partial charge in [0.2, 0.25) is 5.91 Å². The third kappa shape index (κ3) is 3.23. The van der Waals surface area contributed by atoms with Crippen molar-refractivity contribution in [1.82, 2.24) is 4.57 Å². The van der Waals surface area contributed by atoms with E-state index < -0.39 is 0 Å². The van der Waals surface area contributed by atoms with Gasteiger partial charge in [0, 0.05) is 31.0 Å². The molecule has 0 unspecified atom stereocenters.